The average molecular weight is 428 g/mol. The predicted octanol–water partition coefficient (Wildman–Crippen LogP) is 6.02. The molecule has 2 aromatic carbocycles. The van der Waals surface area contributed by atoms with Gasteiger partial charge < -0.3 is 4.84 Å². The normalized spacial score (nSPS) is 22.4. The summed E-state index contributed by atoms with van der Waals surface area (Å²) >= 11 is 0. The summed E-state index contributed by atoms with van der Waals surface area (Å²) in [6, 6.07) is 20.0. The maximum Gasteiger partial charge on any atom is 0.291 e. The molecule has 0 radical (unpaired) electrons. The Labute approximate surface area is 189 Å². The molecule has 1 aromatic heterocycles. The van der Waals surface area contributed by atoms with Gasteiger partial charge in [0.05, 0.1) is 17.1 Å². The van der Waals surface area contributed by atoms with Crippen molar-refractivity contribution >= 4 is 11.6 Å². The SMILES string of the molecule is CC(C)[C@@H]1CC[C@@H](C)c2c1nn(C(=O)[C@H]1CC(c3ccccc3)=NO1)c2-c1ccccc1. The molecular formula is C27H29N3O2. The molecular weight excluding hydrogens is 398 g/mol. The molecule has 0 amide bonds. The van der Waals surface area contributed by atoms with Gasteiger partial charge in [0.15, 0.2) is 0 Å². The quantitative estimate of drug-likeness (QED) is 0.511. The minimum atomic E-state index is -0.665. The van der Waals surface area contributed by atoms with E-state index >= 15 is 0 Å². The van der Waals surface area contributed by atoms with Crippen LogP contribution in [0.5, 0.6) is 0 Å². The van der Waals surface area contributed by atoms with Crippen LogP contribution in [0, 0.1) is 5.92 Å². The molecule has 3 aromatic rings. The van der Waals surface area contributed by atoms with Crippen molar-refractivity contribution in [2.45, 2.75) is 58.0 Å². The van der Waals surface area contributed by atoms with Crippen LogP contribution >= 0.6 is 0 Å². The van der Waals surface area contributed by atoms with Crippen molar-refractivity contribution in [3.63, 3.8) is 0 Å². The minimum absolute atomic E-state index is 0.150. The number of carbonyl (C=O) groups is 1. The summed E-state index contributed by atoms with van der Waals surface area (Å²) in [5.74, 6) is 1.04. The van der Waals surface area contributed by atoms with Gasteiger partial charge in [0, 0.05) is 23.5 Å². The summed E-state index contributed by atoms with van der Waals surface area (Å²) in [5.41, 5.74) is 6.02. The predicted molar refractivity (Wildman–Crippen MR) is 126 cm³/mol. The van der Waals surface area contributed by atoms with Crippen LogP contribution in [-0.4, -0.2) is 27.5 Å². The van der Waals surface area contributed by atoms with Gasteiger partial charge in [-0.05, 0) is 30.2 Å². The average Bonchev–Trinajstić information content (AvgIpc) is 3.46. The second-order valence-electron chi connectivity index (χ2n) is 9.29. The lowest BCUT2D eigenvalue weighted by molar-refractivity contribution is 0.0456. The molecule has 32 heavy (non-hydrogen) atoms. The number of rotatable bonds is 4. The van der Waals surface area contributed by atoms with E-state index in [2.05, 4.69) is 38.1 Å². The molecule has 5 heteroatoms. The summed E-state index contributed by atoms with van der Waals surface area (Å²) < 4.78 is 1.62. The van der Waals surface area contributed by atoms with Crippen LogP contribution in [0.25, 0.3) is 11.3 Å². The molecule has 0 unspecified atom stereocenters. The Hall–Kier alpha value is -3.21. The molecule has 164 valence electrons. The number of hydrogen-bond acceptors (Lipinski definition) is 4. The molecule has 0 saturated carbocycles. The highest BCUT2D eigenvalue weighted by molar-refractivity contribution is 6.04. The first-order valence-corrected chi connectivity index (χ1v) is 11.5. The highest BCUT2D eigenvalue weighted by atomic mass is 16.6. The van der Waals surface area contributed by atoms with Crippen LogP contribution in [0.4, 0.5) is 0 Å². The third-order valence-electron chi connectivity index (χ3n) is 6.82. The fourth-order valence-electron chi connectivity index (χ4n) is 5.05. The van der Waals surface area contributed by atoms with Crippen molar-refractivity contribution in [1.29, 1.82) is 0 Å². The molecule has 3 atom stereocenters. The van der Waals surface area contributed by atoms with Gasteiger partial charge in [-0.2, -0.15) is 9.78 Å². The van der Waals surface area contributed by atoms with Crippen molar-refractivity contribution in [2.24, 2.45) is 11.1 Å². The lowest BCUT2D eigenvalue weighted by atomic mass is 9.75. The maximum absolute atomic E-state index is 13.7. The summed E-state index contributed by atoms with van der Waals surface area (Å²) in [6.07, 6.45) is 2.00. The number of fused-ring (bicyclic) bond motifs is 1. The Balaban J connectivity index is 1.55. The number of hydrogen-bond donors (Lipinski definition) is 0. The van der Waals surface area contributed by atoms with Gasteiger partial charge in [0.1, 0.15) is 0 Å². The number of nitrogens with zero attached hydrogens (tertiary/aromatic N) is 3. The van der Waals surface area contributed by atoms with E-state index in [1.54, 1.807) is 4.68 Å². The minimum Gasteiger partial charge on any atom is -0.382 e. The molecule has 0 N–H and O–H groups in total. The van der Waals surface area contributed by atoms with Gasteiger partial charge in [-0.1, -0.05) is 86.6 Å². The van der Waals surface area contributed by atoms with Crippen molar-refractivity contribution < 1.29 is 9.63 Å². The van der Waals surface area contributed by atoms with Crippen LogP contribution < -0.4 is 0 Å². The van der Waals surface area contributed by atoms with Crippen molar-refractivity contribution in [2.75, 3.05) is 0 Å². The first-order chi connectivity index (χ1) is 15.5. The Morgan fingerprint density at radius 2 is 1.66 bits per heavy atom. The largest absolute Gasteiger partial charge is 0.382 e. The number of carbonyl (C=O) groups excluding carboxylic acids is 1. The zero-order valence-electron chi connectivity index (χ0n) is 18.9. The Kier molecular flexibility index (Phi) is 5.41. The molecule has 1 aliphatic carbocycles. The van der Waals surface area contributed by atoms with E-state index in [-0.39, 0.29) is 5.91 Å². The first-order valence-electron chi connectivity index (χ1n) is 11.5. The summed E-state index contributed by atoms with van der Waals surface area (Å²) in [6.45, 7) is 6.74. The van der Waals surface area contributed by atoms with E-state index < -0.39 is 6.10 Å². The van der Waals surface area contributed by atoms with E-state index in [1.807, 2.05) is 48.5 Å². The fourth-order valence-corrected chi connectivity index (χ4v) is 5.05. The lowest BCUT2D eigenvalue weighted by Crippen LogP contribution is -2.29. The van der Waals surface area contributed by atoms with Crippen LogP contribution in [0.1, 0.15) is 73.5 Å². The third kappa shape index (κ3) is 3.56. The number of oxime groups is 1. The monoisotopic (exact) mass is 427 g/mol. The van der Waals surface area contributed by atoms with Crippen molar-refractivity contribution in [3.8, 4) is 11.3 Å². The van der Waals surface area contributed by atoms with Gasteiger partial charge in [0.25, 0.3) is 5.91 Å². The van der Waals surface area contributed by atoms with Gasteiger partial charge in [-0.15, -0.1) is 0 Å². The third-order valence-corrected chi connectivity index (χ3v) is 6.82. The zero-order valence-corrected chi connectivity index (χ0v) is 18.9. The molecule has 0 fully saturated rings. The standard InChI is InChI=1S/C27H29N3O2/c1-17(2)21-15-14-18(3)24-25(21)28-30(26(24)20-12-8-5-9-13-20)27(31)23-16-22(29-32-23)19-10-6-4-7-11-19/h4-13,17-18,21,23H,14-16H2,1-3H3/t18-,21+,23-/m1/s1. The summed E-state index contributed by atoms with van der Waals surface area (Å²) in [7, 11) is 0. The molecule has 1 aliphatic heterocycles. The zero-order chi connectivity index (χ0) is 22.2. The van der Waals surface area contributed by atoms with Gasteiger partial charge in [-0.25, -0.2) is 0 Å². The smallest absolute Gasteiger partial charge is 0.291 e. The molecule has 5 rings (SSSR count). The van der Waals surface area contributed by atoms with Gasteiger partial charge >= 0.3 is 0 Å². The van der Waals surface area contributed by atoms with Crippen LogP contribution in [-0.2, 0) is 4.84 Å². The van der Waals surface area contributed by atoms with Crippen molar-refractivity contribution in [1.82, 2.24) is 9.78 Å². The van der Waals surface area contributed by atoms with Crippen LogP contribution in [0.15, 0.2) is 65.8 Å². The Morgan fingerprint density at radius 3 is 2.31 bits per heavy atom. The topological polar surface area (TPSA) is 56.5 Å². The molecule has 0 spiro atoms. The Bertz CT molecular complexity index is 1150. The molecule has 0 saturated heterocycles. The van der Waals surface area contributed by atoms with Crippen LogP contribution in [0.2, 0.25) is 0 Å². The van der Waals surface area contributed by atoms with Crippen molar-refractivity contribution in [3.05, 3.63) is 77.5 Å². The van der Waals surface area contributed by atoms with E-state index in [0.29, 0.717) is 24.2 Å². The Morgan fingerprint density at radius 1 is 1.00 bits per heavy atom. The molecule has 2 aliphatic rings. The van der Waals surface area contributed by atoms with E-state index in [0.717, 1.165) is 41.1 Å². The van der Waals surface area contributed by atoms with Gasteiger partial charge in [0.2, 0.25) is 6.10 Å². The fraction of sp³-hybridized carbons (Fsp3) is 0.370. The highest BCUT2D eigenvalue weighted by Gasteiger charge is 2.38. The van der Waals surface area contributed by atoms with E-state index in [4.69, 9.17) is 9.94 Å². The molecule has 2 heterocycles. The number of aromatic nitrogens is 2. The maximum atomic E-state index is 13.7. The summed E-state index contributed by atoms with van der Waals surface area (Å²) in [5, 5.41) is 9.19. The second kappa shape index (κ2) is 8.38. The summed E-state index contributed by atoms with van der Waals surface area (Å²) in [4.78, 5) is 19.4. The highest BCUT2D eigenvalue weighted by Crippen LogP contribution is 2.46. The van der Waals surface area contributed by atoms with E-state index in [9.17, 15) is 4.79 Å². The molecule has 5 nitrogen and oxygen atoms in total. The molecule has 0 bridgehead atoms. The first kappa shape index (κ1) is 20.7. The lowest BCUT2D eigenvalue weighted by Gasteiger charge is -2.28. The second-order valence-corrected chi connectivity index (χ2v) is 9.29. The van der Waals surface area contributed by atoms with E-state index in [1.165, 1.54) is 5.56 Å². The van der Waals surface area contributed by atoms with Gasteiger partial charge in [-0.3, -0.25) is 4.79 Å². The van der Waals surface area contributed by atoms with Crippen LogP contribution in [0.3, 0.4) is 0 Å². The number of benzene rings is 2.